The Morgan fingerprint density at radius 1 is 1.19 bits per heavy atom. The number of amides is 1. The van der Waals surface area contributed by atoms with E-state index in [0.717, 1.165) is 27.6 Å². The maximum absolute atomic E-state index is 12.7. The van der Waals surface area contributed by atoms with Gasteiger partial charge in [-0.05, 0) is 48.1 Å². The molecule has 0 bridgehead atoms. The minimum atomic E-state index is -3.33. The zero-order chi connectivity index (χ0) is 23.2. The lowest BCUT2D eigenvalue weighted by molar-refractivity contribution is 0.0814. The largest absolute Gasteiger partial charge is 0.505 e. The highest BCUT2D eigenvalue weighted by molar-refractivity contribution is 7.88. The number of phenolic OH excluding ortho intramolecular Hbond substituents is 1. The zero-order valence-corrected chi connectivity index (χ0v) is 19.5. The van der Waals surface area contributed by atoms with E-state index in [1.807, 2.05) is 13.0 Å². The van der Waals surface area contributed by atoms with Gasteiger partial charge in [-0.2, -0.15) is 0 Å². The molecule has 32 heavy (non-hydrogen) atoms. The summed E-state index contributed by atoms with van der Waals surface area (Å²) >= 11 is 0. The van der Waals surface area contributed by atoms with Gasteiger partial charge < -0.3 is 10.0 Å². The Morgan fingerprint density at radius 3 is 2.53 bits per heavy atom. The van der Waals surface area contributed by atoms with Gasteiger partial charge in [0.25, 0.3) is 5.91 Å². The number of nitrogens with zero attached hydrogens (tertiary/aromatic N) is 3. The molecular weight excluding hydrogens is 426 g/mol. The van der Waals surface area contributed by atoms with Gasteiger partial charge in [0.05, 0.1) is 11.8 Å². The van der Waals surface area contributed by atoms with E-state index in [0.29, 0.717) is 24.9 Å². The second-order valence-electron chi connectivity index (χ2n) is 8.58. The smallest absolute Gasteiger partial charge is 0.258 e. The van der Waals surface area contributed by atoms with Crippen LogP contribution in [0.3, 0.4) is 0 Å². The second-order valence-corrected chi connectivity index (χ2v) is 10.7. The lowest BCUT2D eigenvalue weighted by Crippen LogP contribution is -2.28. The summed E-state index contributed by atoms with van der Waals surface area (Å²) in [5, 5.41) is 11.6. The van der Waals surface area contributed by atoms with Crippen LogP contribution in [0.4, 0.5) is 0 Å². The van der Waals surface area contributed by atoms with Crippen molar-refractivity contribution in [2.24, 2.45) is 0 Å². The molecule has 0 saturated heterocycles. The van der Waals surface area contributed by atoms with Gasteiger partial charge >= 0.3 is 0 Å². The van der Waals surface area contributed by atoms with Crippen molar-refractivity contribution in [3.05, 3.63) is 69.9 Å². The van der Waals surface area contributed by atoms with Crippen molar-refractivity contribution in [2.45, 2.75) is 26.3 Å². The number of fused-ring (bicyclic) bond motifs is 2. The normalized spacial score (nSPS) is 13.9. The third-order valence-electron chi connectivity index (χ3n) is 6.12. The molecule has 0 spiro atoms. The Bertz CT molecular complexity index is 1320. The molecule has 8 heteroatoms. The van der Waals surface area contributed by atoms with Crippen LogP contribution in [-0.4, -0.2) is 60.5 Å². The van der Waals surface area contributed by atoms with Crippen LogP contribution in [0.5, 0.6) is 5.75 Å². The van der Waals surface area contributed by atoms with Gasteiger partial charge in [-0.3, -0.25) is 9.78 Å². The van der Waals surface area contributed by atoms with Crippen LogP contribution in [0.2, 0.25) is 0 Å². The lowest BCUT2D eigenvalue weighted by Gasteiger charge is -2.18. The van der Waals surface area contributed by atoms with Gasteiger partial charge in [0, 0.05) is 38.8 Å². The number of hydrogen-bond acceptors (Lipinski definition) is 5. The molecule has 1 aliphatic heterocycles. The fourth-order valence-electron chi connectivity index (χ4n) is 4.17. The first-order valence-corrected chi connectivity index (χ1v) is 12.3. The van der Waals surface area contributed by atoms with Gasteiger partial charge in [0.15, 0.2) is 5.75 Å². The number of carbonyl (C=O) groups excluding carboxylic acids is 1. The highest BCUT2D eigenvalue weighted by Gasteiger charge is 2.33. The highest BCUT2D eigenvalue weighted by Crippen LogP contribution is 2.39. The number of aryl methyl sites for hydroxylation is 1. The maximum Gasteiger partial charge on any atom is 0.258 e. The summed E-state index contributed by atoms with van der Waals surface area (Å²) in [6, 6.07) is 10.3. The Kier molecular flexibility index (Phi) is 5.68. The molecule has 1 aromatic heterocycles. The molecule has 0 radical (unpaired) electrons. The molecule has 2 aromatic carbocycles. The number of pyridine rings is 1. The van der Waals surface area contributed by atoms with Crippen molar-refractivity contribution in [2.75, 3.05) is 26.9 Å². The van der Waals surface area contributed by atoms with E-state index < -0.39 is 10.0 Å². The molecular formula is C24H27N3O4S. The average Bonchev–Trinajstić information content (AvgIpc) is 3.03. The summed E-state index contributed by atoms with van der Waals surface area (Å²) in [5.41, 5.74) is 5.58. The predicted molar refractivity (Wildman–Crippen MR) is 124 cm³/mol. The van der Waals surface area contributed by atoms with Gasteiger partial charge in [0.2, 0.25) is 10.0 Å². The van der Waals surface area contributed by atoms with Crippen LogP contribution in [0, 0.1) is 6.92 Å². The molecule has 1 aliphatic rings. The van der Waals surface area contributed by atoms with Crippen molar-refractivity contribution < 1.29 is 18.3 Å². The molecule has 1 N–H and O–H groups in total. The van der Waals surface area contributed by atoms with Crippen LogP contribution < -0.4 is 0 Å². The van der Waals surface area contributed by atoms with Crippen molar-refractivity contribution in [3.63, 3.8) is 0 Å². The van der Waals surface area contributed by atoms with Crippen LogP contribution in [-0.2, 0) is 29.4 Å². The number of likely N-dealkylation sites (N-methyl/N-ethyl adjacent to an activating group) is 1. The molecule has 1 amide bonds. The van der Waals surface area contributed by atoms with Crippen molar-refractivity contribution in [1.29, 1.82) is 0 Å². The number of carbonyl (C=O) groups is 1. The minimum Gasteiger partial charge on any atom is -0.505 e. The molecule has 3 aromatic rings. The van der Waals surface area contributed by atoms with E-state index >= 15 is 0 Å². The summed E-state index contributed by atoms with van der Waals surface area (Å²) < 4.78 is 25.1. The minimum absolute atomic E-state index is 0.105. The standard InChI is InChI=1S/C24H27N3O4S/c1-15-5-7-16(8-6-15)11-17-12-19-18(9-10-27(3)32(4,30)31)20-14-26(2)24(29)21(20)23(28)22(19)25-13-17/h5-8,12-13,28H,9-11,14H2,1-4H3. The third-order valence-corrected chi connectivity index (χ3v) is 7.44. The van der Waals surface area contributed by atoms with E-state index in [1.54, 1.807) is 18.1 Å². The van der Waals surface area contributed by atoms with Gasteiger partial charge in [-0.1, -0.05) is 29.8 Å². The summed E-state index contributed by atoms with van der Waals surface area (Å²) in [6.45, 7) is 2.69. The number of benzene rings is 2. The van der Waals surface area contributed by atoms with Crippen LogP contribution in [0.15, 0.2) is 36.5 Å². The molecule has 0 saturated carbocycles. The number of hydrogen-bond donors (Lipinski definition) is 1. The quantitative estimate of drug-likeness (QED) is 0.620. The first-order chi connectivity index (χ1) is 15.1. The monoisotopic (exact) mass is 453 g/mol. The van der Waals surface area contributed by atoms with Gasteiger partial charge in [-0.15, -0.1) is 0 Å². The molecule has 0 fully saturated rings. The number of aromatic hydroxyl groups is 1. The van der Waals surface area contributed by atoms with Gasteiger partial charge in [-0.25, -0.2) is 12.7 Å². The first-order valence-electron chi connectivity index (χ1n) is 10.4. The molecule has 7 nitrogen and oxygen atoms in total. The molecule has 2 heterocycles. The fraction of sp³-hybridized carbons (Fsp3) is 0.333. The lowest BCUT2D eigenvalue weighted by atomic mass is 9.93. The molecule has 0 aliphatic carbocycles. The number of aromatic nitrogens is 1. The average molecular weight is 454 g/mol. The second kappa shape index (κ2) is 8.18. The van der Waals surface area contributed by atoms with E-state index in [2.05, 4.69) is 29.2 Å². The number of sulfonamides is 1. The summed E-state index contributed by atoms with van der Waals surface area (Å²) in [4.78, 5) is 18.7. The van der Waals surface area contributed by atoms with Gasteiger partial charge in [0.1, 0.15) is 5.52 Å². The van der Waals surface area contributed by atoms with Crippen LogP contribution >= 0.6 is 0 Å². The molecule has 4 rings (SSSR count). The summed E-state index contributed by atoms with van der Waals surface area (Å²) in [7, 11) is -0.104. The van der Waals surface area contributed by atoms with Crippen molar-refractivity contribution >= 4 is 26.8 Å². The Balaban J connectivity index is 1.83. The first kappa shape index (κ1) is 22.2. The van der Waals surface area contributed by atoms with Crippen LogP contribution in [0.1, 0.15) is 38.2 Å². The van der Waals surface area contributed by atoms with Crippen LogP contribution in [0.25, 0.3) is 10.9 Å². The molecule has 0 atom stereocenters. The number of phenols is 1. The number of rotatable bonds is 6. The Labute approximate surface area is 188 Å². The van der Waals surface area contributed by atoms with Crippen molar-refractivity contribution in [3.8, 4) is 5.75 Å². The molecule has 168 valence electrons. The van der Waals surface area contributed by atoms with Crippen molar-refractivity contribution in [1.82, 2.24) is 14.2 Å². The van der Waals surface area contributed by atoms with E-state index in [4.69, 9.17) is 0 Å². The Morgan fingerprint density at radius 2 is 1.88 bits per heavy atom. The van der Waals surface area contributed by atoms with E-state index in [-0.39, 0.29) is 23.8 Å². The predicted octanol–water partition coefficient (Wildman–Crippen LogP) is 2.86. The topological polar surface area (TPSA) is 90.8 Å². The summed E-state index contributed by atoms with van der Waals surface area (Å²) in [5.74, 6) is -0.353. The SMILES string of the molecule is Cc1ccc(Cc2cnc3c(O)c4c(c(CCN(C)S(C)(=O)=O)c3c2)CN(C)C4=O)cc1. The zero-order valence-electron chi connectivity index (χ0n) is 18.7. The fourth-order valence-corrected chi connectivity index (χ4v) is 4.59. The summed E-state index contributed by atoms with van der Waals surface area (Å²) in [6.07, 6.45) is 4.00. The highest BCUT2D eigenvalue weighted by atomic mass is 32.2. The third kappa shape index (κ3) is 4.08. The Hall–Kier alpha value is -2.97. The van der Waals surface area contributed by atoms with E-state index in [1.165, 1.54) is 23.2 Å². The van der Waals surface area contributed by atoms with E-state index in [9.17, 15) is 18.3 Å². The maximum atomic E-state index is 12.7. The molecule has 0 unspecified atom stereocenters.